The Kier molecular flexibility index (Phi) is 13.8. The SMILES string of the molecule is CCCCCCCCCCCCOc1ccc(-[n+]2ccccc2)cc1/C=[N+](\[O-])C(C)(C)C.[Cl-]. The highest BCUT2D eigenvalue weighted by molar-refractivity contribution is 5.81. The largest absolute Gasteiger partial charge is 1.00 e. The minimum absolute atomic E-state index is 0. The summed E-state index contributed by atoms with van der Waals surface area (Å²) in [6.45, 7) is 8.69. The van der Waals surface area contributed by atoms with Crippen molar-refractivity contribution in [2.24, 2.45) is 0 Å². The van der Waals surface area contributed by atoms with Crippen LogP contribution < -0.4 is 21.7 Å². The highest BCUT2D eigenvalue weighted by Crippen LogP contribution is 2.21. The van der Waals surface area contributed by atoms with Crippen LogP contribution in [0, 0.1) is 5.21 Å². The standard InChI is InChI=1S/C28H43N2O2.ClH/c1-5-6-7-8-9-10-11-12-13-17-22-32-27-19-18-26(29-20-15-14-16-21-29)23-25(27)24-30(31)28(2,3)4;/h14-16,18-21,23-24H,5-13,17,22H2,1-4H3;1H/q+1;/p-1/b30-24-;. The lowest BCUT2D eigenvalue weighted by molar-refractivity contribution is -0.595. The Labute approximate surface area is 207 Å². The molecule has 0 aliphatic rings. The zero-order valence-electron chi connectivity index (χ0n) is 21.1. The van der Waals surface area contributed by atoms with Gasteiger partial charge in [0.2, 0.25) is 5.69 Å². The van der Waals surface area contributed by atoms with Crippen molar-refractivity contribution in [1.82, 2.24) is 0 Å². The molecule has 0 N–H and O–H groups in total. The molecule has 0 spiro atoms. The van der Waals surface area contributed by atoms with Crippen LogP contribution in [0.4, 0.5) is 0 Å². The molecule has 33 heavy (non-hydrogen) atoms. The van der Waals surface area contributed by atoms with Crippen molar-refractivity contribution in [1.29, 1.82) is 0 Å². The molecule has 0 amide bonds. The van der Waals surface area contributed by atoms with Crippen LogP contribution in [0.1, 0.15) is 97.5 Å². The number of unbranched alkanes of at least 4 members (excludes halogenated alkanes) is 9. The molecule has 0 radical (unpaired) electrons. The average molecular weight is 475 g/mol. The maximum absolute atomic E-state index is 12.6. The molecular weight excluding hydrogens is 432 g/mol. The molecule has 0 unspecified atom stereocenters. The second kappa shape index (κ2) is 15.7. The third-order valence-corrected chi connectivity index (χ3v) is 5.68. The summed E-state index contributed by atoms with van der Waals surface area (Å²) in [6.07, 6.45) is 18.7. The normalized spacial score (nSPS) is 11.8. The van der Waals surface area contributed by atoms with Gasteiger partial charge in [-0.15, -0.1) is 0 Å². The van der Waals surface area contributed by atoms with Gasteiger partial charge in [0, 0.05) is 45.0 Å². The maximum Gasteiger partial charge on any atom is 0.211 e. The summed E-state index contributed by atoms with van der Waals surface area (Å²) in [4.78, 5) is 0. The Morgan fingerprint density at radius 3 is 2.03 bits per heavy atom. The Morgan fingerprint density at radius 2 is 1.45 bits per heavy atom. The van der Waals surface area contributed by atoms with Crippen LogP contribution in [0.2, 0.25) is 0 Å². The van der Waals surface area contributed by atoms with E-state index in [2.05, 4.69) is 6.92 Å². The smallest absolute Gasteiger partial charge is 0.211 e. The molecule has 0 saturated carbocycles. The summed E-state index contributed by atoms with van der Waals surface area (Å²) in [5, 5.41) is 12.6. The van der Waals surface area contributed by atoms with E-state index in [1.807, 2.05) is 74.1 Å². The molecule has 0 aliphatic carbocycles. The highest BCUT2D eigenvalue weighted by atomic mass is 35.5. The van der Waals surface area contributed by atoms with Crippen LogP contribution in [0.5, 0.6) is 5.75 Å². The summed E-state index contributed by atoms with van der Waals surface area (Å²) >= 11 is 0. The van der Waals surface area contributed by atoms with Gasteiger partial charge in [0.25, 0.3) is 0 Å². The van der Waals surface area contributed by atoms with E-state index < -0.39 is 5.54 Å². The number of hydroxylamine groups is 1. The van der Waals surface area contributed by atoms with Crippen LogP contribution in [0.15, 0.2) is 48.8 Å². The lowest BCUT2D eigenvalue weighted by Gasteiger charge is -2.19. The Hall–Kier alpha value is -2.07. The van der Waals surface area contributed by atoms with Crippen molar-refractivity contribution in [3.63, 3.8) is 0 Å². The molecule has 1 aromatic carbocycles. The quantitative estimate of drug-likeness (QED) is 0.136. The second-order valence-corrected chi connectivity index (χ2v) is 9.66. The molecule has 184 valence electrons. The van der Waals surface area contributed by atoms with E-state index >= 15 is 0 Å². The van der Waals surface area contributed by atoms with E-state index in [1.165, 1.54) is 57.8 Å². The topological polar surface area (TPSA) is 39.2 Å². The summed E-state index contributed by atoms with van der Waals surface area (Å²) < 4.78 is 9.15. The number of hydrogen-bond donors (Lipinski definition) is 0. The average Bonchev–Trinajstić information content (AvgIpc) is 2.78. The molecule has 1 heterocycles. The predicted molar refractivity (Wildman–Crippen MR) is 134 cm³/mol. The van der Waals surface area contributed by atoms with Gasteiger partial charge in [-0.1, -0.05) is 70.8 Å². The van der Waals surface area contributed by atoms with E-state index in [0.29, 0.717) is 6.61 Å². The van der Waals surface area contributed by atoms with Crippen molar-refractivity contribution in [3.8, 4) is 11.4 Å². The van der Waals surface area contributed by atoms with Crippen LogP contribution >= 0.6 is 0 Å². The number of pyridine rings is 1. The van der Waals surface area contributed by atoms with Gasteiger partial charge in [-0.3, -0.25) is 0 Å². The number of aromatic nitrogens is 1. The predicted octanol–water partition coefficient (Wildman–Crippen LogP) is 3.99. The first-order valence-electron chi connectivity index (χ1n) is 12.5. The van der Waals surface area contributed by atoms with Crippen molar-refractivity contribution >= 4 is 6.21 Å². The molecule has 0 atom stereocenters. The zero-order chi connectivity index (χ0) is 23.2. The molecule has 1 aromatic heterocycles. The van der Waals surface area contributed by atoms with Crippen molar-refractivity contribution in [2.45, 2.75) is 97.4 Å². The number of ether oxygens (including phenoxy) is 1. The van der Waals surface area contributed by atoms with Gasteiger partial charge in [0.15, 0.2) is 24.1 Å². The summed E-state index contributed by atoms with van der Waals surface area (Å²) in [5.41, 5.74) is 1.32. The fourth-order valence-electron chi connectivity index (χ4n) is 3.59. The molecule has 4 nitrogen and oxygen atoms in total. The van der Waals surface area contributed by atoms with E-state index in [1.54, 1.807) is 6.21 Å². The minimum atomic E-state index is -0.496. The monoisotopic (exact) mass is 474 g/mol. The molecular formula is C28H43ClN2O2. The summed E-state index contributed by atoms with van der Waals surface area (Å²) in [7, 11) is 0. The van der Waals surface area contributed by atoms with Crippen LogP contribution in [-0.2, 0) is 0 Å². The zero-order valence-corrected chi connectivity index (χ0v) is 21.8. The molecule has 0 saturated heterocycles. The molecule has 5 heteroatoms. The van der Waals surface area contributed by atoms with Gasteiger partial charge in [-0.25, -0.2) is 4.74 Å². The maximum atomic E-state index is 12.6. The fraction of sp³-hybridized carbons (Fsp3) is 0.571. The number of nitrogens with zero attached hydrogens (tertiary/aromatic N) is 2. The van der Waals surface area contributed by atoms with Gasteiger partial charge in [-0.2, -0.15) is 4.57 Å². The lowest BCUT2D eigenvalue weighted by atomic mass is 10.1. The summed E-state index contributed by atoms with van der Waals surface area (Å²) in [5.74, 6) is 0.770. The Bertz CT molecular complexity index is 816. The molecule has 2 aromatic rings. The molecule has 0 aliphatic heterocycles. The van der Waals surface area contributed by atoms with E-state index in [4.69, 9.17) is 4.74 Å². The number of halogens is 1. The van der Waals surface area contributed by atoms with Crippen molar-refractivity contribution in [3.05, 3.63) is 59.6 Å². The van der Waals surface area contributed by atoms with Gasteiger partial charge in [-0.05, 0) is 12.5 Å². The van der Waals surface area contributed by atoms with Gasteiger partial charge in [0.05, 0.1) is 12.2 Å². The summed E-state index contributed by atoms with van der Waals surface area (Å²) in [6, 6.07) is 12.0. The minimum Gasteiger partial charge on any atom is -1.00 e. The van der Waals surface area contributed by atoms with Crippen LogP contribution in [-0.4, -0.2) is 23.1 Å². The molecule has 0 fully saturated rings. The van der Waals surface area contributed by atoms with E-state index in [-0.39, 0.29) is 12.4 Å². The molecule has 2 rings (SSSR count). The number of hydrogen-bond acceptors (Lipinski definition) is 2. The Balaban J connectivity index is 0.00000544. The van der Waals surface area contributed by atoms with Crippen molar-refractivity contribution < 1.29 is 26.4 Å². The van der Waals surface area contributed by atoms with Gasteiger partial charge < -0.3 is 22.4 Å². The lowest BCUT2D eigenvalue weighted by Crippen LogP contribution is -3.00. The Morgan fingerprint density at radius 1 is 0.879 bits per heavy atom. The third kappa shape index (κ3) is 11.1. The number of rotatable bonds is 14. The first-order chi connectivity index (χ1) is 15.4. The number of benzene rings is 1. The fourth-order valence-corrected chi connectivity index (χ4v) is 3.59. The first-order valence-corrected chi connectivity index (χ1v) is 12.5. The third-order valence-electron chi connectivity index (χ3n) is 5.68. The van der Waals surface area contributed by atoms with Crippen LogP contribution in [0.25, 0.3) is 5.69 Å². The van der Waals surface area contributed by atoms with E-state index in [9.17, 15) is 5.21 Å². The van der Waals surface area contributed by atoms with Crippen LogP contribution in [0.3, 0.4) is 0 Å². The first kappa shape index (κ1) is 29.0. The second-order valence-electron chi connectivity index (χ2n) is 9.66. The van der Waals surface area contributed by atoms with Gasteiger partial charge >= 0.3 is 0 Å². The highest BCUT2D eigenvalue weighted by Gasteiger charge is 2.20. The van der Waals surface area contributed by atoms with Gasteiger partial charge in [0.1, 0.15) is 5.75 Å². The molecule has 0 bridgehead atoms. The van der Waals surface area contributed by atoms with E-state index in [0.717, 1.165) is 28.2 Å². The van der Waals surface area contributed by atoms with Crippen molar-refractivity contribution in [2.75, 3.05) is 6.61 Å².